The van der Waals surface area contributed by atoms with E-state index in [0.29, 0.717) is 39.1 Å². The predicted molar refractivity (Wildman–Crippen MR) is 85.1 cm³/mol. The molecule has 8 heteroatoms. The van der Waals surface area contributed by atoms with E-state index in [9.17, 15) is 12.8 Å². The highest BCUT2D eigenvalue weighted by Gasteiger charge is 2.31. The molecule has 1 saturated heterocycles. The van der Waals surface area contributed by atoms with Gasteiger partial charge >= 0.3 is 0 Å². The summed E-state index contributed by atoms with van der Waals surface area (Å²) in [7, 11) is -3.76. The molecule has 22 heavy (non-hydrogen) atoms. The van der Waals surface area contributed by atoms with Crippen molar-refractivity contribution >= 4 is 22.4 Å². The van der Waals surface area contributed by atoms with Crippen molar-refractivity contribution in [2.75, 3.05) is 26.2 Å². The highest BCUT2D eigenvalue weighted by molar-refractivity contribution is 7.89. The van der Waals surface area contributed by atoms with E-state index in [-0.39, 0.29) is 23.4 Å². The van der Waals surface area contributed by atoms with E-state index in [4.69, 9.17) is 10.5 Å². The lowest BCUT2D eigenvalue weighted by molar-refractivity contribution is 0.0208. The molecule has 0 saturated carbocycles. The van der Waals surface area contributed by atoms with Crippen molar-refractivity contribution in [3.05, 3.63) is 30.1 Å². The van der Waals surface area contributed by atoms with Gasteiger partial charge in [0.05, 0.1) is 6.10 Å². The van der Waals surface area contributed by atoms with Crippen molar-refractivity contribution in [1.82, 2.24) is 4.31 Å². The summed E-state index contributed by atoms with van der Waals surface area (Å²) in [5.41, 5.74) is 5.40. The number of hydrogen-bond acceptors (Lipinski definition) is 4. The van der Waals surface area contributed by atoms with E-state index < -0.39 is 15.8 Å². The average Bonchev–Trinajstić information content (AvgIpc) is 2.48. The van der Waals surface area contributed by atoms with Gasteiger partial charge in [0, 0.05) is 19.7 Å². The number of ether oxygens (including phenoxy) is 1. The zero-order valence-corrected chi connectivity index (χ0v) is 13.9. The smallest absolute Gasteiger partial charge is 0.245 e. The van der Waals surface area contributed by atoms with Crippen LogP contribution in [0.5, 0.6) is 0 Å². The second-order valence-electron chi connectivity index (χ2n) is 5.05. The number of benzene rings is 1. The van der Waals surface area contributed by atoms with Crippen LogP contribution in [0.3, 0.4) is 0 Å². The number of sulfonamides is 1. The summed E-state index contributed by atoms with van der Waals surface area (Å²) >= 11 is 0. The molecule has 5 nitrogen and oxygen atoms in total. The second kappa shape index (κ2) is 8.79. The van der Waals surface area contributed by atoms with Gasteiger partial charge < -0.3 is 10.5 Å². The molecule has 1 aromatic carbocycles. The van der Waals surface area contributed by atoms with Gasteiger partial charge in [0.2, 0.25) is 10.0 Å². The van der Waals surface area contributed by atoms with Gasteiger partial charge in [-0.1, -0.05) is 12.1 Å². The molecule has 1 heterocycles. The quantitative estimate of drug-likeness (QED) is 0.792. The van der Waals surface area contributed by atoms with E-state index in [1.807, 2.05) is 0 Å². The Morgan fingerprint density at radius 1 is 1.27 bits per heavy atom. The van der Waals surface area contributed by atoms with Gasteiger partial charge in [-0.15, -0.1) is 12.4 Å². The molecule has 2 rings (SSSR count). The van der Waals surface area contributed by atoms with Crippen molar-refractivity contribution in [2.24, 2.45) is 5.73 Å². The van der Waals surface area contributed by atoms with Crippen molar-refractivity contribution < 1.29 is 17.5 Å². The maximum atomic E-state index is 13.7. The Bertz CT molecular complexity index is 563. The van der Waals surface area contributed by atoms with Gasteiger partial charge in [0.25, 0.3) is 0 Å². The Morgan fingerprint density at radius 2 is 1.91 bits per heavy atom. The highest BCUT2D eigenvalue weighted by atomic mass is 35.5. The summed E-state index contributed by atoms with van der Waals surface area (Å²) < 4.78 is 45.5. The molecule has 0 unspecified atom stereocenters. The molecule has 0 bridgehead atoms. The topological polar surface area (TPSA) is 72.6 Å². The van der Waals surface area contributed by atoms with Crippen LogP contribution >= 0.6 is 12.4 Å². The van der Waals surface area contributed by atoms with Crippen LogP contribution in [0.2, 0.25) is 0 Å². The summed E-state index contributed by atoms with van der Waals surface area (Å²) in [5.74, 6) is -0.709. The van der Waals surface area contributed by atoms with Crippen LogP contribution in [0.4, 0.5) is 4.39 Å². The number of rotatable bonds is 6. The molecule has 0 aliphatic carbocycles. The molecule has 0 radical (unpaired) electrons. The summed E-state index contributed by atoms with van der Waals surface area (Å²) in [6, 6.07) is 5.47. The number of nitrogens with zero attached hydrogens (tertiary/aromatic N) is 1. The van der Waals surface area contributed by atoms with Gasteiger partial charge in [0.1, 0.15) is 10.7 Å². The third kappa shape index (κ3) is 4.63. The minimum Gasteiger partial charge on any atom is -0.378 e. The maximum Gasteiger partial charge on any atom is 0.245 e. The van der Waals surface area contributed by atoms with E-state index in [1.165, 1.54) is 22.5 Å². The first-order chi connectivity index (χ1) is 10.1. The lowest BCUT2D eigenvalue weighted by Gasteiger charge is -2.31. The molecule has 1 aromatic rings. The Morgan fingerprint density at radius 3 is 2.50 bits per heavy atom. The summed E-state index contributed by atoms with van der Waals surface area (Å²) in [6.07, 6.45) is 2.10. The standard InChI is InChI=1S/C14H21FN2O3S.ClH/c15-13-4-1-2-5-14(13)21(18,19)17-9-6-12(7-10-17)20-11-3-8-16;/h1-2,4-5,12H,3,6-11,16H2;1H. The molecule has 0 aromatic heterocycles. The van der Waals surface area contributed by atoms with Gasteiger partial charge in [-0.2, -0.15) is 4.31 Å². The normalized spacial score (nSPS) is 17.2. The minimum atomic E-state index is -3.76. The summed E-state index contributed by atoms with van der Waals surface area (Å²) in [5, 5.41) is 0. The number of hydrogen-bond donors (Lipinski definition) is 1. The van der Waals surface area contributed by atoms with Crippen molar-refractivity contribution in [1.29, 1.82) is 0 Å². The van der Waals surface area contributed by atoms with Crippen LogP contribution in [-0.2, 0) is 14.8 Å². The van der Waals surface area contributed by atoms with Crippen molar-refractivity contribution in [3.8, 4) is 0 Å². The fourth-order valence-corrected chi connectivity index (χ4v) is 3.90. The Balaban J connectivity index is 0.00000242. The largest absolute Gasteiger partial charge is 0.378 e. The first kappa shape index (κ1) is 19.3. The SMILES string of the molecule is Cl.NCCCOC1CCN(S(=O)(=O)c2ccccc2F)CC1. The fourth-order valence-electron chi connectivity index (χ4n) is 2.37. The van der Waals surface area contributed by atoms with Crippen LogP contribution < -0.4 is 5.73 Å². The lowest BCUT2D eigenvalue weighted by Crippen LogP contribution is -2.41. The van der Waals surface area contributed by atoms with Crippen LogP contribution in [0.25, 0.3) is 0 Å². The Kier molecular flexibility index (Phi) is 7.71. The van der Waals surface area contributed by atoms with Gasteiger partial charge in [-0.25, -0.2) is 12.8 Å². The molecule has 0 amide bonds. The van der Waals surface area contributed by atoms with Crippen LogP contribution in [0.15, 0.2) is 29.2 Å². The monoisotopic (exact) mass is 352 g/mol. The number of piperidine rings is 1. The Labute approximate surface area is 137 Å². The molecule has 2 N–H and O–H groups in total. The molecule has 0 spiro atoms. The van der Waals surface area contributed by atoms with E-state index in [2.05, 4.69) is 0 Å². The zero-order valence-electron chi connectivity index (χ0n) is 12.3. The lowest BCUT2D eigenvalue weighted by atomic mass is 10.1. The van der Waals surface area contributed by atoms with E-state index in [1.54, 1.807) is 0 Å². The van der Waals surface area contributed by atoms with Crippen LogP contribution in [0, 0.1) is 5.82 Å². The minimum absolute atomic E-state index is 0. The Hall–Kier alpha value is -0.730. The molecule has 126 valence electrons. The zero-order chi connectivity index (χ0) is 15.3. The maximum absolute atomic E-state index is 13.7. The predicted octanol–water partition coefficient (Wildman–Crippen LogP) is 1.77. The van der Waals surface area contributed by atoms with Gasteiger partial charge in [0.15, 0.2) is 0 Å². The molecule has 1 aliphatic heterocycles. The van der Waals surface area contributed by atoms with Crippen molar-refractivity contribution in [3.63, 3.8) is 0 Å². The van der Waals surface area contributed by atoms with Crippen LogP contribution in [0.1, 0.15) is 19.3 Å². The number of nitrogens with two attached hydrogens (primary N) is 1. The summed E-state index contributed by atoms with van der Waals surface area (Å²) in [6.45, 7) is 1.88. The fraction of sp³-hybridized carbons (Fsp3) is 0.571. The third-order valence-corrected chi connectivity index (χ3v) is 5.49. The first-order valence-electron chi connectivity index (χ1n) is 7.12. The average molecular weight is 353 g/mol. The molecule has 0 atom stereocenters. The molecular formula is C14H22ClFN2O3S. The van der Waals surface area contributed by atoms with E-state index >= 15 is 0 Å². The summed E-state index contributed by atoms with van der Waals surface area (Å²) in [4.78, 5) is -0.257. The third-order valence-electron chi connectivity index (χ3n) is 3.56. The molecule has 1 fully saturated rings. The van der Waals surface area contributed by atoms with E-state index in [0.717, 1.165) is 12.5 Å². The number of halogens is 2. The second-order valence-corrected chi connectivity index (χ2v) is 6.95. The first-order valence-corrected chi connectivity index (χ1v) is 8.56. The van der Waals surface area contributed by atoms with Crippen LogP contribution in [-0.4, -0.2) is 45.1 Å². The van der Waals surface area contributed by atoms with Crippen molar-refractivity contribution in [2.45, 2.75) is 30.3 Å². The molecular weight excluding hydrogens is 331 g/mol. The molecule has 1 aliphatic rings. The van der Waals surface area contributed by atoms with Gasteiger partial charge in [-0.05, 0) is 37.9 Å². The highest BCUT2D eigenvalue weighted by Crippen LogP contribution is 2.23. The van der Waals surface area contributed by atoms with Gasteiger partial charge in [-0.3, -0.25) is 0 Å².